The van der Waals surface area contributed by atoms with Crippen LogP contribution in [0.5, 0.6) is 5.75 Å². The Morgan fingerprint density at radius 1 is 0.854 bits per heavy atom. The number of hydrogen-bond acceptors (Lipinski definition) is 7. The molecule has 0 radical (unpaired) electrons. The fraction of sp³-hybridized carbons (Fsp3) is 0.474. The molecule has 1 N–H and O–H groups in total. The molecule has 0 aliphatic rings. The van der Waals surface area contributed by atoms with Crippen LogP contribution in [0.3, 0.4) is 0 Å². The topological polar surface area (TPSA) is 116 Å². The van der Waals surface area contributed by atoms with Gasteiger partial charge in [0.1, 0.15) is 11.3 Å². The summed E-state index contributed by atoms with van der Waals surface area (Å²) in [5.74, 6) is -18.2. The molecule has 0 amide bonds. The maximum Gasteiger partial charge on any atom is 0.468 e. The summed E-state index contributed by atoms with van der Waals surface area (Å²) in [6.07, 6.45) is -21.4. The number of alkyl halides is 13. The number of halogens is 13. The number of carbonyl (C=O) groups is 2. The van der Waals surface area contributed by atoms with Crippen molar-refractivity contribution in [2.24, 2.45) is 0 Å². The highest BCUT2D eigenvalue weighted by Crippen LogP contribution is 2.43. The molecule has 234 valence electrons. The number of carbonyl (C=O) groups excluding carboxylic acids is 2. The quantitative estimate of drug-likeness (QED) is 0.0642. The van der Waals surface area contributed by atoms with Gasteiger partial charge in [0.15, 0.2) is 0 Å². The number of hydrogen-bond donors (Lipinski definition) is 1. The average Bonchev–Trinajstić information content (AvgIpc) is 2.77. The lowest BCUT2D eigenvalue weighted by Crippen LogP contribution is -2.59. The first-order valence-electron chi connectivity index (χ1n) is 9.92. The minimum Gasteiger partial charge on any atom is -0.421 e. The van der Waals surface area contributed by atoms with Crippen molar-refractivity contribution in [2.45, 2.75) is 48.3 Å². The van der Waals surface area contributed by atoms with E-state index >= 15 is 0 Å². The van der Waals surface area contributed by atoms with E-state index in [1.54, 1.807) is 0 Å². The van der Waals surface area contributed by atoms with Crippen molar-refractivity contribution in [2.75, 3.05) is 6.61 Å². The predicted molar refractivity (Wildman–Crippen MR) is 104 cm³/mol. The summed E-state index contributed by atoms with van der Waals surface area (Å²) < 4.78 is 213. The van der Waals surface area contributed by atoms with Crippen LogP contribution in [-0.2, 0) is 35.4 Å². The van der Waals surface area contributed by atoms with Crippen LogP contribution in [0.1, 0.15) is 18.4 Å². The Bertz CT molecular complexity index is 1240. The Hall–Kier alpha value is -3.14. The van der Waals surface area contributed by atoms with Crippen LogP contribution in [-0.4, -0.2) is 60.8 Å². The van der Waals surface area contributed by atoms with Gasteiger partial charge < -0.3 is 14.2 Å². The lowest BCUT2D eigenvalue weighted by Gasteiger charge is -2.32. The molecule has 0 aliphatic heterocycles. The molecular weight excluding hydrogens is 635 g/mol. The molecule has 1 atom stereocenters. The van der Waals surface area contributed by atoms with Gasteiger partial charge in [-0.2, -0.15) is 65.5 Å². The Morgan fingerprint density at radius 3 is 1.73 bits per heavy atom. The average molecular weight is 648 g/mol. The standard InChI is InChI=1S/C19H13F13O8S/c1-9(16(22,23)24)12(33)40-15(18(28,29)30,13(34)39-11-5-3-10(4-6-11)17(25,26)27)38-8-2-7-14(20,21)19(31,32)41(35,36)37/h3-6H,1-2,7-8H2,(H,35,36,37). The SMILES string of the molecule is C=C(C(=O)OC(OCCCC(F)(F)C(F)(F)S(=O)(=O)O)(C(=O)Oc1ccc(C(F)(F)F)cc1)C(F)(F)F)C(F)(F)F. The summed E-state index contributed by atoms with van der Waals surface area (Å²) in [6.45, 7) is 0.0795. The Morgan fingerprint density at radius 2 is 1.34 bits per heavy atom. The molecule has 0 heterocycles. The zero-order valence-electron chi connectivity index (χ0n) is 19.3. The maximum atomic E-state index is 13.9. The summed E-state index contributed by atoms with van der Waals surface area (Å²) in [5.41, 5.74) is -4.11. The highest BCUT2D eigenvalue weighted by molar-refractivity contribution is 7.87. The first-order chi connectivity index (χ1) is 18.1. The molecule has 1 aromatic carbocycles. The minimum atomic E-state index is -6.78. The third-order valence-corrected chi connectivity index (χ3v) is 5.50. The molecule has 0 saturated heterocycles. The first kappa shape index (κ1) is 35.9. The van der Waals surface area contributed by atoms with Gasteiger partial charge in [-0.15, -0.1) is 0 Å². The van der Waals surface area contributed by atoms with Crippen LogP contribution >= 0.6 is 0 Å². The van der Waals surface area contributed by atoms with Crippen molar-refractivity contribution >= 4 is 22.1 Å². The summed E-state index contributed by atoms with van der Waals surface area (Å²) >= 11 is 0. The van der Waals surface area contributed by atoms with Crippen molar-refractivity contribution in [3.8, 4) is 5.75 Å². The highest BCUT2D eigenvalue weighted by atomic mass is 32.2. The molecule has 41 heavy (non-hydrogen) atoms. The zero-order valence-corrected chi connectivity index (χ0v) is 20.1. The second-order valence-electron chi connectivity index (χ2n) is 7.54. The number of benzene rings is 1. The van der Waals surface area contributed by atoms with Crippen LogP contribution in [0.4, 0.5) is 57.1 Å². The molecule has 1 unspecified atom stereocenters. The largest absolute Gasteiger partial charge is 0.468 e. The lowest BCUT2D eigenvalue weighted by atomic mass is 10.2. The normalized spacial score (nSPS) is 15.2. The Labute approximate surface area is 219 Å². The molecule has 0 spiro atoms. The van der Waals surface area contributed by atoms with Gasteiger partial charge in [0.2, 0.25) is 0 Å². The number of esters is 2. The van der Waals surface area contributed by atoms with Crippen molar-refractivity contribution in [1.82, 2.24) is 0 Å². The molecule has 22 heteroatoms. The van der Waals surface area contributed by atoms with Gasteiger partial charge >= 0.3 is 57.5 Å². The highest BCUT2D eigenvalue weighted by Gasteiger charge is 2.69. The van der Waals surface area contributed by atoms with E-state index < -0.39 is 93.9 Å². The van der Waals surface area contributed by atoms with Crippen molar-refractivity contribution in [1.29, 1.82) is 0 Å². The van der Waals surface area contributed by atoms with Gasteiger partial charge in [-0.1, -0.05) is 6.58 Å². The van der Waals surface area contributed by atoms with Crippen LogP contribution in [0, 0.1) is 0 Å². The second kappa shape index (κ2) is 11.6. The molecule has 1 aromatic rings. The molecule has 0 bridgehead atoms. The monoisotopic (exact) mass is 648 g/mol. The van der Waals surface area contributed by atoms with E-state index in [1.807, 2.05) is 0 Å². The van der Waals surface area contributed by atoms with Gasteiger partial charge in [0.25, 0.3) is 0 Å². The van der Waals surface area contributed by atoms with E-state index in [2.05, 4.69) is 20.8 Å². The van der Waals surface area contributed by atoms with Gasteiger partial charge in [-0.25, -0.2) is 9.59 Å². The van der Waals surface area contributed by atoms with E-state index in [4.69, 9.17) is 4.55 Å². The van der Waals surface area contributed by atoms with Gasteiger partial charge in [-0.3, -0.25) is 4.55 Å². The predicted octanol–water partition coefficient (Wildman–Crippen LogP) is 5.44. The summed E-state index contributed by atoms with van der Waals surface area (Å²) in [6, 6.07) is 0.786. The maximum absolute atomic E-state index is 13.9. The van der Waals surface area contributed by atoms with Crippen LogP contribution in [0.2, 0.25) is 0 Å². The van der Waals surface area contributed by atoms with E-state index in [-0.39, 0.29) is 24.3 Å². The summed E-state index contributed by atoms with van der Waals surface area (Å²) in [4.78, 5) is 24.1. The van der Waals surface area contributed by atoms with Gasteiger partial charge in [0, 0.05) is 6.42 Å². The van der Waals surface area contributed by atoms with E-state index in [0.29, 0.717) is 0 Å². The van der Waals surface area contributed by atoms with E-state index in [0.717, 1.165) is 0 Å². The molecule has 0 saturated carbocycles. The fourth-order valence-corrected chi connectivity index (χ4v) is 2.90. The number of ether oxygens (including phenoxy) is 3. The second-order valence-corrected chi connectivity index (χ2v) is 9.00. The van der Waals surface area contributed by atoms with Gasteiger partial charge in [-0.05, 0) is 30.7 Å². The number of rotatable bonds is 11. The van der Waals surface area contributed by atoms with Gasteiger partial charge in [0.05, 0.1) is 12.2 Å². The van der Waals surface area contributed by atoms with Crippen LogP contribution < -0.4 is 4.74 Å². The molecule has 0 aromatic heterocycles. The fourth-order valence-electron chi connectivity index (χ4n) is 2.42. The van der Waals surface area contributed by atoms with E-state index in [1.165, 1.54) is 0 Å². The first-order valence-corrected chi connectivity index (χ1v) is 11.4. The molecule has 8 nitrogen and oxygen atoms in total. The third-order valence-electron chi connectivity index (χ3n) is 4.55. The molecular formula is C19H13F13O8S. The molecule has 0 fully saturated rings. The Balaban J connectivity index is 3.42. The smallest absolute Gasteiger partial charge is 0.421 e. The lowest BCUT2D eigenvalue weighted by molar-refractivity contribution is -0.353. The Kier molecular flexibility index (Phi) is 10.2. The van der Waals surface area contributed by atoms with E-state index in [9.17, 15) is 75.1 Å². The summed E-state index contributed by atoms with van der Waals surface area (Å²) in [5, 5.41) is -6.19. The van der Waals surface area contributed by atoms with Crippen molar-refractivity contribution in [3.05, 3.63) is 42.0 Å². The van der Waals surface area contributed by atoms with Crippen LogP contribution in [0.25, 0.3) is 0 Å². The zero-order chi connectivity index (χ0) is 32.5. The van der Waals surface area contributed by atoms with Crippen molar-refractivity contribution in [3.63, 3.8) is 0 Å². The summed E-state index contributed by atoms with van der Waals surface area (Å²) in [7, 11) is -6.78. The minimum absolute atomic E-state index is 0.160. The van der Waals surface area contributed by atoms with Crippen molar-refractivity contribution < 1.29 is 93.8 Å². The third kappa shape index (κ3) is 8.21. The molecule has 0 aliphatic carbocycles. The molecule has 1 rings (SSSR count). The van der Waals surface area contributed by atoms with Crippen LogP contribution in [0.15, 0.2) is 36.4 Å².